The average Bonchev–Trinajstić information content (AvgIpc) is 2.56. The first-order valence-corrected chi connectivity index (χ1v) is 5.87. The molecule has 86 valence electrons. The second kappa shape index (κ2) is 4.44. The molecule has 16 heavy (non-hydrogen) atoms. The Labute approximate surface area is 100 Å². The molecule has 0 saturated carbocycles. The van der Waals surface area contributed by atoms with E-state index in [1.165, 1.54) is 5.56 Å². The lowest BCUT2D eigenvalue weighted by Gasteiger charge is -2.12. The lowest BCUT2D eigenvalue weighted by atomic mass is 10.1. The number of rotatable bonds is 3. The molecule has 4 heteroatoms. The molecule has 1 N–H and O–H groups in total. The number of aromatic nitrogens is 2. The third-order valence-corrected chi connectivity index (χ3v) is 3.34. The van der Waals surface area contributed by atoms with E-state index < -0.39 is 0 Å². The summed E-state index contributed by atoms with van der Waals surface area (Å²) in [5, 5.41) is 3.19. The van der Waals surface area contributed by atoms with Gasteiger partial charge in [0.1, 0.15) is 5.82 Å². The first-order chi connectivity index (χ1) is 7.67. The summed E-state index contributed by atoms with van der Waals surface area (Å²) in [5.74, 6) is 1.59. The van der Waals surface area contributed by atoms with Crippen molar-refractivity contribution in [2.45, 2.75) is 13.0 Å². The highest BCUT2D eigenvalue weighted by Gasteiger charge is 2.10. The molecule has 0 aliphatic heterocycles. The van der Waals surface area contributed by atoms with Crippen molar-refractivity contribution in [1.82, 2.24) is 14.9 Å². The SMILES string of the molecule is CNC(CCl)c1ccc2c(c1)nc(C)n2C. The Balaban J connectivity index is 2.52. The van der Waals surface area contributed by atoms with Gasteiger partial charge in [0.2, 0.25) is 0 Å². The Kier molecular flexibility index (Phi) is 3.17. The lowest BCUT2D eigenvalue weighted by Crippen LogP contribution is -2.17. The number of aryl methyl sites for hydroxylation is 2. The molecule has 2 rings (SSSR count). The zero-order valence-corrected chi connectivity index (χ0v) is 10.5. The second-order valence-corrected chi connectivity index (χ2v) is 4.27. The van der Waals surface area contributed by atoms with E-state index in [2.05, 4.69) is 33.1 Å². The van der Waals surface area contributed by atoms with Crippen LogP contribution in [0.5, 0.6) is 0 Å². The van der Waals surface area contributed by atoms with Crippen LogP contribution >= 0.6 is 11.6 Å². The minimum Gasteiger partial charge on any atom is -0.331 e. The molecule has 1 atom stereocenters. The fourth-order valence-corrected chi connectivity index (χ4v) is 2.22. The minimum atomic E-state index is 0.188. The van der Waals surface area contributed by atoms with E-state index in [1.807, 2.05) is 21.0 Å². The van der Waals surface area contributed by atoms with E-state index in [1.54, 1.807) is 0 Å². The first-order valence-electron chi connectivity index (χ1n) is 5.33. The number of benzene rings is 1. The Morgan fingerprint density at radius 3 is 2.88 bits per heavy atom. The molecule has 1 aromatic carbocycles. The van der Waals surface area contributed by atoms with Crippen molar-refractivity contribution in [2.75, 3.05) is 12.9 Å². The van der Waals surface area contributed by atoms with Crippen molar-refractivity contribution in [3.8, 4) is 0 Å². The normalized spacial score (nSPS) is 13.2. The lowest BCUT2D eigenvalue weighted by molar-refractivity contribution is 0.659. The summed E-state index contributed by atoms with van der Waals surface area (Å²) in [6, 6.07) is 6.49. The Morgan fingerprint density at radius 2 is 2.25 bits per heavy atom. The molecule has 0 bridgehead atoms. The van der Waals surface area contributed by atoms with Gasteiger partial charge in [-0.25, -0.2) is 4.98 Å². The van der Waals surface area contributed by atoms with Crippen LogP contribution in [0, 0.1) is 6.92 Å². The van der Waals surface area contributed by atoms with Crippen LogP contribution in [0.3, 0.4) is 0 Å². The highest BCUT2D eigenvalue weighted by atomic mass is 35.5. The van der Waals surface area contributed by atoms with Gasteiger partial charge >= 0.3 is 0 Å². The Morgan fingerprint density at radius 1 is 1.50 bits per heavy atom. The first kappa shape index (κ1) is 11.4. The molecule has 1 aromatic heterocycles. The molecule has 0 fully saturated rings. The highest BCUT2D eigenvalue weighted by molar-refractivity contribution is 6.18. The topological polar surface area (TPSA) is 29.9 Å². The molecule has 0 aliphatic rings. The van der Waals surface area contributed by atoms with Crippen LogP contribution in [0.4, 0.5) is 0 Å². The predicted molar refractivity (Wildman–Crippen MR) is 68.0 cm³/mol. The summed E-state index contributed by atoms with van der Waals surface area (Å²) in [6.45, 7) is 2.01. The zero-order valence-electron chi connectivity index (χ0n) is 9.79. The maximum Gasteiger partial charge on any atom is 0.106 e. The summed E-state index contributed by atoms with van der Waals surface area (Å²) < 4.78 is 2.09. The number of fused-ring (bicyclic) bond motifs is 1. The van der Waals surface area contributed by atoms with E-state index in [4.69, 9.17) is 11.6 Å². The minimum absolute atomic E-state index is 0.188. The maximum atomic E-state index is 5.90. The van der Waals surface area contributed by atoms with Crippen molar-refractivity contribution >= 4 is 22.6 Å². The van der Waals surface area contributed by atoms with Crippen molar-refractivity contribution < 1.29 is 0 Å². The predicted octanol–water partition coefficient (Wildman–Crippen LogP) is 2.38. The number of nitrogens with zero attached hydrogens (tertiary/aromatic N) is 2. The monoisotopic (exact) mass is 237 g/mol. The Hall–Kier alpha value is -1.06. The zero-order chi connectivity index (χ0) is 11.7. The van der Waals surface area contributed by atoms with Crippen molar-refractivity contribution in [3.05, 3.63) is 29.6 Å². The second-order valence-electron chi connectivity index (χ2n) is 3.96. The summed E-state index contributed by atoms with van der Waals surface area (Å²) in [7, 11) is 3.95. The van der Waals surface area contributed by atoms with Gasteiger partial charge in [-0.15, -0.1) is 11.6 Å². The summed E-state index contributed by atoms with van der Waals surface area (Å²) >= 11 is 5.90. The van der Waals surface area contributed by atoms with Crippen LogP contribution in [0.15, 0.2) is 18.2 Å². The molecule has 1 unspecified atom stereocenters. The van der Waals surface area contributed by atoms with Gasteiger partial charge in [0.15, 0.2) is 0 Å². The molecular weight excluding hydrogens is 222 g/mol. The largest absolute Gasteiger partial charge is 0.331 e. The molecule has 0 aliphatic carbocycles. The third kappa shape index (κ3) is 1.81. The van der Waals surface area contributed by atoms with Crippen LogP contribution < -0.4 is 5.32 Å². The number of hydrogen-bond donors (Lipinski definition) is 1. The van der Waals surface area contributed by atoms with Gasteiger partial charge in [0.05, 0.1) is 11.0 Å². The quantitative estimate of drug-likeness (QED) is 0.831. The molecule has 2 aromatic rings. The van der Waals surface area contributed by atoms with E-state index in [0.717, 1.165) is 16.9 Å². The van der Waals surface area contributed by atoms with Crippen LogP contribution in [-0.4, -0.2) is 22.5 Å². The number of hydrogen-bond acceptors (Lipinski definition) is 2. The summed E-state index contributed by atoms with van der Waals surface area (Å²) in [5.41, 5.74) is 3.37. The fraction of sp³-hybridized carbons (Fsp3) is 0.417. The van der Waals surface area contributed by atoms with E-state index in [9.17, 15) is 0 Å². The molecule has 0 saturated heterocycles. The van der Waals surface area contributed by atoms with E-state index in [0.29, 0.717) is 5.88 Å². The van der Waals surface area contributed by atoms with Crippen molar-refractivity contribution in [1.29, 1.82) is 0 Å². The van der Waals surface area contributed by atoms with Crippen molar-refractivity contribution in [2.24, 2.45) is 7.05 Å². The molecule has 0 radical (unpaired) electrons. The maximum absolute atomic E-state index is 5.90. The van der Waals surface area contributed by atoms with Gasteiger partial charge < -0.3 is 9.88 Å². The summed E-state index contributed by atoms with van der Waals surface area (Å²) in [6.07, 6.45) is 0. The molecule has 0 amide bonds. The van der Waals surface area contributed by atoms with Crippen LogP contribution in [0.1, 0.15) is 17.4 Å². The molecule has 1 heterocycles. The number of nitrogens with one attached hydrogen (secondary N) is 1. The van der Waals surface area contributed by atoms with E-state index >= 15 is 0 Å². The third-order valence-electron chi connectivity index (χ3n) is 3.03. The smallest absolute Gasteiger partial charge is 0.106 e. The van der Waals surface area contributed by atoms with Crippen LogP contribution in [0.25, 0.3) is 11.0 Å². The highest BCUT2D eigenvalue weighted by Crippen LogP contribution is 2.21. The van der Waals surface area contributed by atoms with Gasteiger partial charge in [0, 0.05) is 19.0 Å². The van der Waals surface area contributed by atoms with Gasteiger partial charge in [-0.2, -0.15) is 0 Å². The Bertz CT molecular complexity index is 500. The summed E-state index contributed by atoms with van der Waals surface area (Å²) in [4.78, 5) is 4.52. The molecule has 3 nitrogen and oxygen atoms in total. The van der Waals surface area contributed by atoms with E-state index in [-0.39, 0.29) is 6.04 Å². The molecule has 0 spiro atoms. The fourth-order valence-electron chi connectivity index (χ4n) is 1.89. The average molecular weight is 238 g/mol. The number of alkyl halides is 1. The molecular formula is C12H16ClN3. The van der Waals surface area contributed by atoms with Gasteiger partial charge in [-0.1, -0.05) is 6.07 Å². The van der Waals surface area contributed by atoms with Gasteiger partial charge in [-0.3, -0.25) is 0 Å². The number of imidazole rings is 1. The standard InChI is InChI=1S/C12H16ClN3/c1-8-15-10-6-9(11(7-13)14-2)4-5-12(10)16(8)3/h4-6,11,14H,7H2,1-3H3. The van der Waals surface area contributed by atoms with Crippen molar-refractivity contribution in [3.63, 3.8) is 0 Å². The van der Waals surface area contributed by atoms with Crippen LogP contribution in [-0.2, 0) is 7.05 Å². The van der Waals surface area contributed by atoms with Crippen LogP contribution in [0.2, 0.25) is 0 Å². The van der Waals surface area contributed by atoms with Gasteiger partial charge in [-0.05, 0) is 31.7 Å². The van der Waals surface area contributed by atoms with Gasteiger partial charge in [0.25, 0.3) is 0 Å². The number of halogens is 1.